The molecular formula is C11H16N2O. The van der Waals surface area contributed by atoms with Gasteiger partial charge in [0.15, 0.2) is 0 Å². The average molecular weight is 192 g/mol. The Bertz CT molecular complexity index is 285. The van der Waals surface area contributed by atoms with Crippen molar-refractivity contribution < 1.29 is 4.79 Å². The number of pyridine rings is 1. The fraction of sp³-hybridized carbons (Fsp3) is 0.455. The predicted octanol–water partition coefficient (Wildman–Crippen LogP) is 2.46. The molecule has 0 saturated heterocycles. The van der Waals surface area contributed by atoms with Crippen molar-refractivity contribution >= 4 is 11.7 Å². The van der Waals surface area contributed by atoms with E-state index < -0.39 is 0 Å². The number of hydrogen-bond donors (Lipinski definition) is 1. The van der Waals surface area contributed by atoms with Gasteiger partial charge in [0, 0.05) is 12.6 Å². The molecule has 1 aromatic heterocycles. The fourth-order valence-electron chi connectivity index (χ4n) is 1.09. The lowest BCUT2D eigenvalue weighted by atomic mass is 10.1. The van der Waals surface area contributed by atoms with Crippen LogP contribution in [0.2, 0.25) is 0 Å². The number of amides is 1. The minimum Gasteiger partial charge on any atom is -0.311 e. The summed E-state index contributed by atoms with van der Waals surface area (Å²) in [6.45, 7) is 4.15. The molecule has 76 valence electrons. The van der Waals surface area contributed by atoms with Crippen LogP contribution < -0.4 is 5.32 Å². The third-order valence-electron chi connectivity index (χ3n) is 2.16. The molecule has 0 bridgehead atoms. The maximum Gasteiger partial charge on any atom is 0.225 e. The predicted molar refractivity (Wildman–Crippen MR) is 56.9 cm³/mol. The smallest absolute Gasteiger partial charge is 0.225 e. The highest BCUT2D eigenvalue weighted by atomic mass is 16.1. The monoisotopic (exact) mass is 192 g/mol. The van der Waals surface area contributed by atoms with E-state index in [1.54, 1.807) is 12.3 Å². The van der Waals surface area contributed by atoms with Crippen LogP contribution in [0.25, 0.3) is 0 Å². The number of carbonyl (C=O) groups excluding carboxylic acids is 1. The van der Waals surface area contributed by atoms with Crippen molar-refractivity contribution in [1.29, 1.82) is 0 Å². The first-order chi connectivity index (χ1) is 6.72. The molecule has 0 aliphatic carbocycles. The van der Waals surface area contributed by atoms with E-state index in [4.69, 9.17) is 0 Å². The van der Waals surface area contributed by atoms with Crippen molar-refractivity contribution in [2.75, 3.05) is 5.32 Å². The van der Waals surface area contributed by atoms with Gasteiger partial charge >= 0.3 is 0 Å². The molecule has 3 nitrogen and oxygen atoms in total. The lowest BCUT2D eigenvalue weighted by molar-refractivity contribution is -0.117. The van der Waals surface area contributed by atoms with E-state index in [2.05, 4.69) is 24.1 Å². The van der Waals surface area contributed by atoms with Crippen molar-refractivity contribution in [2.45, 2.75) is 26.7 Å². The van der Waals surface area contributed by atoms with Crippen LogP contribution in [-0.2, 0) is 4.79 Å². The van der Waals surface area contributed by atoms with Gasteiger partial charge < -0.3 is 5.32 Å². The summed E-state index contributed by atoms with van der Waals surface area (Å²) in [5.41, 5.74) is 0. The van der Waals surface area contributed by atoms with Gasteiger partial charge in [0.05, 0.1) is 0 Å². The Balaban J connectivity index is 2.42. The Hall–Kier alpha value is -1.38. The summed E-state index contributed by atoms with van der Waals surface area (Å²) in [6, 6.07) is 5.46. The van der Waals surface area contributed by atoms with Gasteiger partial charge in [-0.3, -0.25) is 4.79 Å². The van der Waals surface area contributed by atoms with Crippen molar-refractivity contribution in [2.24, 2.45) is 5.92 Å². The molecule has 3 heteroatoms. The first-order valence-electron chi connectivity index (χ1n) is 4.93. The summed E-state index contributed by atoms with van der Waals surface area (Å²) in [4.78, 5) is 15.5. The van der Waals surface area contributed by atoms with E-state index in [9.17, 15) is 4.79 Å². The lowest BCUT2D eigenvalue weighted by Crippen LogP contribution is -2.15. The number of nitrogens with zero attached hydrogens (tertiary/aromatic N) is 1. The maximum atomic E-state index is 11.4. The molecule has 0 saturated carbocycles. The number of hydrogen-bond acceptors (Lipinski definition) is 2. The average Bonchev–Trinajstić information content (AvgIpc) is 2.19. The molecule has 0 fully saturated rings. The molecule has 1 amide bonds. The van der Waals surface area contributed by atoms with E-state index >= 15 is 0 Å². The molecule has 0 aromatic carbocycles. The van der Waals surface area contributed by atoms with Crippen LogP contribution in [0.4, 0.5) is 5.82 Å². The standard InChI is InChI=1S/C11H16N2O/c1-3-9(2)8-11(14)13-10-6-4-5-7-12-10/h4-7,9H,3,8H2,1-2H3,(H,12,13,14). The summed E-state index contributed by atoms with van der Waals surface area (Å²) in [6.07, 6.45) is 3.25. The Morgan fingerprint density at radius 3 is 2.93 bits per heavy atom. The number of rotatable bonds is 4. The summed E-state index contributed by atoms with van der Waals surface area (Å²) in [7, 11) is 0. The van der Waals surface area contributed by atoms with Crippen LogP contribution in [0.15, 0.2) is 24.4 Å². The van der Waals surface area contributed by atoms with Crippen LogP contribution >= 0.6 is 0 Å². The third kappa shape index (κ3) is 3.56. The van der Waals surface area contributed by atoms with Gasteiger partial charge in [0.25, 0.3) is 0 Å². The van der Waals surface area contributed by atoms with Crippen LogP contribution in [0.3, 0.4) is 0 Å². The number of carbonyl (C=O) groups is 1. The maximum absolute atomic E-state index is 11.4. The summed E-state index contributed by atoms with van der Waals surface area (Å²) in [5, 5.41) is 2.76. The highest BCUT2D eigenvalue weighted by Gasteiger charge is 2.07. The van der Waals surface area contributed by atoms with Crippen LogP contribution in [0, 0.1) is 5.92 Å². The van der Waals surface area contributed by atoms with Gasteiger partial charge in [-0.2, -0.15) is 0 Å². The van der Waals surface area contributed by atoms with Crippen LogP contribution in [0.5, 0.6) is 0 Å². The Morgan fingerprint density at radius 1 is 1.57 bits per heavy atom. The number of nitrogens with one attached hydrogen (secondary N) is 1. The fourth-order valence-corrected chi connectivity index (χ4v) is 1.09. The van der Waals surface area contributed by atoms with Crippen LogP contribution in [0.1, 0.15) is 26.7 Å². The topological polar surface area (TPSA) is 42.0 Å². The summed E-state index contributed by atoms with van der Waals surface area (Å²) < 4.78 is 0. The first kappa shape index (κ1) is 10.7. The molecule has 0 aliphatic rings. The zero-order chi connectivity index (χ0) is 10.4. The second kappa shape index (κ2) is 5.37. The zero-order valence-electron chi connectivity index (χ0n) is 8.66. The Kier molecular flexibility index (Phi) is 4.11. The van der Waals surface area contributed by atoms with Gasteiger partial charge in [0.1, 0.15) is 5.82 Å². The highest BCUT2D eigenvalue weighted by molar-refractivity contribution is 5.89. The van der Waals surface area contributed by atoms with Crippen molar-refractivity contribution in [3.05, 3.63) is 24.4 Å². The molecule has 14 heavy (non-hydrogen) atoms. The van der Waals surface area contributed by atoms with E-state index in [1.165, 1.54) is 0 Å². The van der Waals surface area contributed by atoms with Gasteiger partial charge in [0.2, 0.25) is 5.91 Å². The molecule has 1 heterocycles. The minimum atomic E-state index is 0.0399. The SMILES string of the molecule is CCC(C)CC(=O)Nc1ccccn1. The quantitative estimate of drug-likeness (QED) is 0.796. The molecule has 0 spiro atoms. The van der Waals surface area contributed by atoms with Gasteiger partial charge in [-0.05, 0) is 18.1 Å². The normalized spacial score (nSPS) is 12.1. The molecule has 1 atom stereocenters. The minimum absolute atomic E-state index is 0.0399. The zero-order valence-corrected chi connectivity index (χ0v) is 8.66. The lowest BCUT2D eigenvalue weighted by Gasteiger charge is -2.07. The highest BCUT2D eigenvalue weighted by Crippen LogP contribution is 2.08. The van der Waals surface area contributed by atoms with Gasteiger partial charge in [-0.1, -0.05) is 26.3 Å². The molecule has 1 N–H and O–H groups in total. The van der Waals surface area contributed by atoms with E-state index in [0.717, 1.165) is 6.42 Å². The van der Waals surface area contributed by atoms with E-state index in [0.29, 0.717) is 18.2 Å². The van der Waals surface area contributed by atoms with E-state index in [-0.39, 0.29) is 5.91 Å². The molecule has 1 aromatic rings. The molecule has 1 rings (SSSR count). The number of aromatic nitrogens is 1. The number of anilines is 1. The summed E-state index contributed by atoms with van der Waals surface area (Å²) >= 11 is 0. The molecule has 0 aliphatic heterocycles. The first-order valence-corrected chi connectivity index (χ1v) is 4.93. The van der Waals surface area contributed by atoms with Crippen molar-refractivity contribution in [1.82, 2.24) is 4.98 Å². The molecular weight excluding hydrogens is 176 g/mol. The van der Waals surface area contributed by atoms with Gasteiger partial charge in [-0.15, -0.1) is 0 Å². The third-order valence-corrected chi connectivity index (χ3v) is 2.16. The molecule has 0 radical (unpaired) electrons. The Labute approximate surface area is 84.6 Å². The van der Waals surface area contributed by atoms with Crippen LogP contribution in [-0.4, -0.2) is 10.9 Å². The Morgan fingerprint density at radius 2 is 2.36 bits per heavy atom. The van der Waals surface area contributed by atoms with Crippen molar-refractivity contribution in [3.8, 4) is 0 Å². The second-order valence-corrected chi connectivity index (χ2v) is 3.48. The van der Waals surface area contributed by atoms with Crippen molar-refractivity contribution in [3.63, 3.8) is 0 Å². The van der Waals surface area contributed by atoms with E-state index in [1.807, 2.05) is 12.1 Å². The second-order valence-electron chi connectivity index (χ2n) is 3.48. The molecule has 1 unspecified atom stereocenters. The van der Waals surface area contributed by atoms with Gasteiger partial charge in [-0.25, -0.2) is 4.98 Å². The largest absolute Gasteiger partial charge is 0.311 e. The summed E-state index contributed by atoms with van der Waals surface area (Å²) in [5.74, 6) is 1.09.